The first kappa shape index (κ1) is 23.6. The molecule has 3 aromatic carbocycles. The summed E-state index contributed by atoms with van der Waals surface area (Å²) in [5.74, 6) is 1.50. The first-order valence-corrected chi connectivity index (χ1v) is 10.3. The van der Waals surface area contributed by atoms with E-state index in [0.717, 1.165) is 45.2 Å². The molecule has 0 bridgehead atoms. The fourth-order valence-electron chi connectivity index (χ4n) is 4.46. The Hall–Kier alpha value is -3.06. The average Bonchev–Trinajstić information content (AvgIpc) is 3.08. The summed E-state index contributed by atoms with van der Waals surface area (Å²) >= 11 is 0. The number of rotatable bonds is 3. The van der Waals surface area contributed by atoms with Crippen LogP contribution in [0.3, 0.4) is 0 Å². The van der Waals surface area contributed by atoms with Crippen LogP contribution < -0.4 is 0 Å². The van der Waals surface area contributed by atoms with Gasteiger partial charge in [0, 0.05) is 20.1 Å². The van der Waals surface area contributed by atoms with Gasteiger partial charge in [-0.15, -0.1) is 35.4 Å². The van der Waals surface area contributed by atoms with Crippen LogP contribution in [0.4, 0.5) is 5.69 Å². The van der Waals surface area contributed by atoms with Crippen molar-refractivity contribution in [1.29, 1.82) is 0 Å². The Morgan fingerprint density at radius 1 is 0.875 bits per heavy atom. The maximum Gasteiger partial charge on any atom is 0.187 e. The second kappa shape index (κ2) is 9.20. The molecule has 0 saturated heterocycles. The first-order chi connectivity index (χ1) is 14.8. The van der Waals surface area contributed by atoms with Crippen molar-refractivity contribution in [3.05, 3.63) is 93.6 Å². The van der Waals surface area contributed by atoms with Crippen LogP contribution in [-0.2, 0) is 20.1 Å². The number of hydrogen-bond acceptors (Lipinski definition) is 2. The molecule has 1 aromatic heterocycles. The molecule has 0 aliphatic heterocycles. The molecule has 0 aliphatic carbocycles. The Morgan fingerprint density at radius 2 is 1.50 bits per heavy atom. The number of aromatic nitrogens is 3. The van der Waals surface area contributed by atoms with E-state index in [1.165, 1.54) is 16.7 Å². The standard InChI is InChI=1S/C27H25N4.Ir/c1-16-11-19(4)26(20(5)12-16)31-27(29-21(6)30-31)23-10-8-9-22(15-23)25-17(2)13-24(28-7)14-18(25)3;/h8-9,11-15H,1-6H3;/q-1;. The average molecular weight is 598 g/mol. The zero-order chi connectivity index (χ0) is 22.3. The molecule has 163 valence electrons. The fourth-order valence-corrected chi connectivity index (χ4v) is 4.46. The monoisotopic (exact) mass is 598 g/mol. The SMILES string of the molecule is [C-]#[N+]c1cc(C)c(-c2cc[c-]c(-c3nc(C)nn3-c3c(C)cc(C)cc3C)c2)c(C)c1.[Ir]. The van der Waals surface area contributed by atoms with E-state index in [-0.39, 0.29) is 20.1 Å². The van der Waals surface area contributed by atoms with Crippen molar-refractivity contribution < 1.29 is 20.1 Å². The Kier molecular flexibility index (Phi) is 6.79. The first-order valence-electron chi connectivity index (χ1n) is 10.3. The number of hydrogen-bond donors (Lipinski definition) is 0. The summed E-state index contributed by atoms with van der Waals surface area (Å²) in [6, 6.07) is 17.7. The third-order valence-corrected chi connectivity index (χ3v) is 5.54. The third kappa shape index (κ3) is 4.30. The maximum atomic E-state index is 7.32. The van der Waals surface area contributed by atoms with Gasteiger partial charge in [-0.1, -0.05) is 41.0 Å². The van der Waals surface area contributed by atoms with Gasteiger partial charge in [0.25, 0.3) is 0 Å². The maximum absolute atomic E-state index is 7.32. The molecular formula is C27H25IrN4-. The quantitative estimate of drug-likeness (QED) is 0.244. The molecule has 0 fully saturated rings. The normalized spacial score (nSPS) is 10.5. The van der Waals surface area contributed by atoms with E-state index in [1.54, 1.807) is 0 Å². The van der Waals surface area contributed by atoms with E-state index in [2.05, 4.69) is 69.8 Å². The van der Waals surface area contributed by atoms with Crippen LogP contribution in [0.5, 0.6) is 0 Å². The van der Waals surface area contributed by atoms with Crippen LogP contribution in [0, 0.1) is 54.2 Å². The minimum absolute atomic E-state index is 0. The van der Waals surface area contributed by atoms with Crippen molar-refractivity contribution in [2.24, 2.45) is 0 Å². The van der Waals surface area contributed by atoms with Gasteiger partial charge in [-0.05, 0) is 58.2 Å². The number of nitrogens with zero attached hydrogens (tertiary/aromatic N) is 4. The molecule has 0 saturated carbocycles. The van der Waals surface area contributed by atoms with Crippen molar-refractivity contribution in [3.63, 3.8) is 0 Å². The molecule has 0 amide bonds. The van der Waals surface area contributed by atoms with Gasteiger partial charge in [0.15, 0.2) is 5.69 Å². The fraction of sp³-hybridized carbons (Fsp3) is 0.222. The second-order valence-electron chi connectivity index (χ2n) is 8.20. The number of benzene rings is 3. The Balaban J connectivity index is 0.00000289. The molecular weight excluding hydrogens is 573 g/mol. The zero-order valence-corrected chi connectivity index (χ0v) is 21.6. The van der Waals surface area contributed by atoms with Gasteiger partial charge >= 0.3 is 0 Å². The van der Waals surface area contributed by atoms with Crippen LogP contribution in [0.2, 0.25) is 0 Å². The van der Waals surface area contributed by atoms with Crippen molar-refractivity contribution in [2.75, 3.05) is 0 Å². The molecule has 4 aromatic rings. The molecule has 1 heterocycles. The molecule has 1 radical (unpaired) electrons. The molecule has 0 aliphatic rings. The summed E-state index contributed by atoms with van der Waals surface area (Å²) in [4.78, 5) is 8.33. The smallest absolute Gasteiger partial charge is 0.187 e. The van der Waals surface area contributed by atoms with Crippen molar-refractivity contribution in [1.82, 2.24) is 14.8 Å². The second-order valence-corrected chi connectivity index (χ2v) is 8.20. The van der Waals surface area contributed by atoms with Gasteiger partial charge in [0.2, 0.25) is 0 Å². The van der Waals surface area contributed by atoms with Crippen LogP contribution >= 0.6 is 0 Å². The molecule has 4 nitrogen and oxygen atoms in total. The van der Waals surface area contributed by atoms with Gasteiger partial charge < -0.3 is 0 Å². The summed E-state index contributed by atoms with van der Waals surface area (Å²) in [6.45, 7) is 19.7. The van der Waals surface area contributed by atoms with Gasteiger partial charge in [0.05, 0.1) is 18.1 Å². The van der Waals surface area contributed by atoms with Crippen LogP contribution in [0.15, 0.2) is 42.5 Å². The van der Waals surface area contributed by atoms with E-state index >= 15 is 0 Å². The molecule has 0 spiro atoms. The number of aryl methyl sites for hydroxylation is 6. The predicted molar refractivity (Wildman–Crippen MR) is 126 cm³/mol. The van der Waals surface area contributed by atoms with E-state index in [4.69, 9.17) is 16.7 Å². The zero-order valence-electron chi connectivity index (χ0n) is 19.2. The summed E-state index contributed by atoms with van der Waals surface area (Å²) < 4.78 is 1.94. The summed E-state index contributed by atoms with van der Waals surface area (Å²) in [6.07, 6.45) is 0. The predicted octanol–water partition coefficient (Wildman–Crippen LogP) is 6.80. The molecule has 0 N–H and O–H groups in total. The minimum Gasteiger partial charge on any atom is -0.262 e. The Labute approximate surface area is 203 Å². The van der Waals surface area contributed by atoms with Gasteiger partial charge in [-0.2, -0.15) is 5.10 Å². The van der Waals surface area contributed by atoms with E-state index in [9.17, 15) is 0 Å². The van der Waals surface area contributed by atoms with E-state index < -0.39 is 0 Å². The summed E-state index contributed by atoms with van der Waals surface area (Å²) in [5, 5.41) is 4.72. The minimum atomic E-state index is 0. The van der Waals surface area contributed by atoms with Gasteiger partial charge in [-0.3, -0.25) is 9.67 Å². The summed E-state index contributed by atoms with van der Waals surface area (Å²) in [5.41, 5.74) is 10.6. The van der Waals surface area contributed by atoms with Crippen LogP contribution in [-0.4, -0.2) is 14.8 Å². The van der Waals surface area contributed by atoms with Crippen molar-refractivity contribution in [2.45, 2.75) is 41.5 Å². The molecule has 5 heteroatoms. The van der Waals surface area contributed by atoms with Gasteiger partial charge in [0.1, 0.15) is 5.82 Å². The molecule has 4 rings (SSSR count). The van der Waals surface area contributed by atoms with Crippen LogP contribution in [0.1, 0.15) is 33.6 Å². The molecule has 32 heavy (non-hydrogen) atoms. The van der Waals surface area contributed by atoms with Gasteiger partial charge in [-0.25, -0.2) is 4.85 Å². The molecule has 0 unspecified atom stereocenters. The Bertz CT molecular complexity index is 1310. The topological polar surface area (TPSA) is 35.1 Å². The molecule has 0 atom stereocenters. The Morgan fingerprint density at radius 3 is 2.09 bits per heavy atom. The van der Waals surface area contributed by atoms with E-state index in [0.29, 0.717) is 5.69 Å². The van der Waals surface area contributed by atoms with Crippen molar-refractivity contribution >= 4 is 5.69 Å². The largest absolute Gasteiger partial charge is 0.262 e. The summed E-state index contributed by atoms with van der Waals surface area (Å²) in [7, 11) is 0. The van der Waals surface area contributed by atoms with Crippen molar-refractivity contribution in [3.8, 4) is 28.2 Å². The van der Waals surface area contributed by atoms with E-state index in [1.807, 2.05) is 29.8 Å². The third-order valence-electron chi connectivity index (χ3n) is 5.54. The van der Waals surface area contributed by atoms with Crippen LogP contribution in [0.25, 0.3) is 33.0 Å².